The lowest BCUT2D eigenvalue weighted by atomic mass is 9.94. The zero-order valence-electron chi connectivity index (χ0n) is 16.5. The quantitative estimate of drug-likeness (QED) is 0.673. The molecule has 2 atom stereocenters. The van der Waals surface area contributed by atoms with Gasteiger partial charge in [-0.15, -0.1) is 0 Å². The molecule has 0 radical (unpaired) electrons. The maximum Gasteiger partial charge on any atom is 0.310 e. The van der Waals surface area contributed by atoms with Gasteiger partial charge in [0.15, 0.2) is 0 Å². The maximum absolute atomic E-state index is 13.1. The molecule has 2 aliphatic heterocycles. The smallest absolute Gasteiger partial charge is 0.310 e. The Kier molecular flexibility index (Phi) is 6.89. The number of sulfonamides is 1. The summed E-state index contributed by atoms with van der Waals surface area (Å²) in [6.07, 6.45) is 2.60. The molecule has 3 rings (SSSR count). The van der Waals surface area contributed by atoms with Crippen LogP contribution < -0.4 is 0 Å². The van der Waals surface area contributed by atoms with E-state index >= 15 is 0 Å². The molecule has 0 aliphatic carbocycles. The minimum atomic E-state index is -3.79. The Morgan fingerprint density at radius 1 is 1.07 bits per heavy atom. The number of esters is 1. The lowest BCUT2D eigenvalue weighted by molar-refractivity contribution is -0.152. The Morgan fingerprint density at radius 2 is 1.72 bits per heavy atom. The predicted molar refractivity (Wildman–Crippen MR) is 104 cm³/mol. The van der Waals surface area contributed by atoms with E-state index in [2.05, 4.69) is 0 Å². The van der Waals surface area contributed by atoms with E-state index in [4.69, 9.17) is 4.74 Å². The van der Waals surface area contributed by atoms with Crippen LogP contribution in [0.25, 0.3) is 0 Å². The second-order valence-electron chi connectivity index (χ2n) is 7.53. The second-order valence-corrected chi connectivity index (χ2v) is 9.47. The van der Waals surface area contributed by atoms with Crippen LogP contribution in [0.15, 0.2) is 29.2 Å². The van der Waals surface area contributed by atoms with Crippen molar-refractivity contribution in [3.05, 3.63) is 30.1 Å². The molecule has 9 heteroatoms. The predicted octanol–water partition coefficient (Wildman–Crippen LogP) is 2.03. The summed E-state index contributed by atoms with van der Waals surface area (Å²) in [6, 6.07) is 4.71. The average molecular weight is 427 g/mol. The van der Waals surface area contributed by atoms with Gasteiger partial charge < -0.3 is 9.64 Å². The Morgan fingerprint density at radius 3 is 2.41 bits per heavy atom. The van der Waals surface area contributed by atoms with Crippen LogP contribution in [0.5, 0.6) is 0 Å². The first kappa shape index (κ1) is 21.7. The van der Waals surface area contributed by atoms with Gasteiger partial charge in [0.05, 0.1) is 23.3 Å². The first-order valence-corrected chi connectivity index (χ1v) is 11.5. The molecule has 160 valence electrons. The number of nitrogens with zero attached hydrogens (tertiary/aromatic N) is 2. The van der Waals surface area contributed by atoms with E-state index in [-0.39, 0.29) is 29.2 Å². The Hall–Kier alpha value is -2.00. The van der Waals surface area contributed by atoms with Crippen LogP contribution in [0.1, 0.15) is 32.6 Å². The average Bonchev–Trinajstić information content (AvgIpc) is 2.74. The Labute approximate surface area is 170 Å². The van der Waals surface area contributed by atoms with Crippen LogP contribution in [-0.2, 0) is 24.3 Å². The summed E-state index contributed by atoms with van der Waals surface area (Å²) in [7, 11) is -3.79. The maximum atomic E-state index is 13.1. The SMILES string of the molecule is CCOC(=O)[C@@H]1CCCN(C(=O)[C@@H]2CCCN(S(=O)(=O)c3ccc(F)cc3)C2)C1. The molecular formula is C20H27FN2O5S. The number of hydrogen-bond acceptors (Lipinski definition) is 5. The van der Waals surface area contributed by atoms with Crippen LogP contribution in [0, 0.1) is 17.7 Å². The van der Waals surface area contributed by atoms with Crippen molar-refractivity contribution < 1.29 is 27.1 Å². The summed E-state index contributed by atoms with van der Waals surface area (Å²) in [5.74, 6) is -1.67. The molecule has 0 N–H and O–H groups in total. The van der Waals surface area contributed by atoms with Gasteiger partial charge in [0.2, 0.25) is 15.9 Å². The number of rotatable bonds is 5. The Balaban J connectivity index is 1.67. The first-order valence-electron chi connectivity index (χ1n) is 10.0. The van der Waals surface area contributed by atoms with E-state index < -0.39 is 21.8 Å². The number of piperidine rings is 2. The highest BCUT2D eigenvalue weighted by atomic mass is 32.2. The summed E-state index contributed by atoms with van der Waals surface area (Å²) in [4.78, 5) is 26.8. The number of carbonyl (C=O) groups excluding carboxylic acids is 2. The summed E-state index contributed by atoms with van der Waals surface area (Å²) in [6.45, 7) is 3.37. The van der Waals surface area contributed by atoms with Gasteiger partial charge in [-0.3, -0.25) is 9.59 Å². The number of ether oxygens (including phenoxy) is 1. The van der Waals surface area contributed by atoms with Gasteiger partial charge in [-0.2, -0.15) is 4.31 Å². The van der Waals surface area contributed by atoms with Gasteiger partial charge in [0, 0.05) is 26.2 Å². The molecule has 0 bridgehead atoms. The van der Waals surface area contributed by atoms with E-state index in [0.29, 0.717) is 45.5 Å². The highest BCUT2D eigenvalue weighted by Crippen LogP contribution is 2.27. The van der Waals surface area contributed by atoms with E-state index in [1.54, 1.807) is 11.8 Å². The van der Waals surface area contributed by atoms with Crippen LogP contribution >= 0.6 is 0 Å². The van der Waals surface area contributed by atoms with Gasteiger partial charge in [-0.1, -0.05) is 0 Å². The summed E-state index contributed by atoms with van der Waals surface area (Å²) >= 11 is 0. The van der Waals surface area contributed by atoms with Gasteiger partial charge in [-0.25, -0.2) is 12.8 Å². The van der Waals surface area contributed by atoms with Crippen molar-refractivity contribution in [2.24, 2.45) is 11.8 Å². The van der Waals surface area contributed by atoms with Crippen molar-refractivity contribution in [1.82, 2.24) is 9.21 Å². The third-order valence-corrected chi connectivity index (χ3v) is 7.42. The van der Waals surface area contributed by atoms with Crippen LogP contribution in [0.4, 0.5) is 4.39 Å². The molecule has 29 heavy (non-hydrogen) atoms. The molecule has 1 aromatic rings. The molecule has 0 saturated carbocycles. The minimum Gasteiger partial charge on any atom is -0.466 e. The first-order chi connectivity index (χ1) is 13.8. The van der Waals surface area contributed by atoms with E-state index in [9.17, 15) is 22.4 Å². The summed E-state index contributed by atoms with van der Waals surface area (Å²) < 4.78 is 45.3. The van der Waals surface area contributed by atoms with E-state index in [0.717, 1.165) is 18.6 Å². The second kappa shape index (κ2) is 9.21. The molecule has 2 heterocycles. The summed E-state index contributed by atoms with van der Waals surface area (Å²) in [5, 5.41) is 0. The number of amides is 1. The highest BCUT2D eigenvalue weighted by Gasteiger charge is 2.37. The molecule has 0 aromatic heterocycles. The largest absolute Gasteiger partial charge is 0.466 e. The number of carbonyl (C=O) groups is 2. The van der Waals surface area contributed by atoms with Crippen molar-refractivity contribution >= 4 is 21.9 Å². The number of benzene rings is 1. The van der Waals surface area contributed by atoms with Crippen molar-refractivity contribution in [3.63, 3.8) is 0 Å². The lowest BCUT2D eigenvalue weighted by Gasteiger charge is -2.37. The number of hydrogen-bond donors (Lipinski definition) is 0. The zero-order chi connectivity index (χ0) is 21.0. The normalized spacial score (nSPS) is 23.6. The third-order valence-electron chi connectivity index (χ3n) is 5.54. The molecule has 2 fully saturated rings. The molecule has 1 amide bonds. The zero-order valence-corrected chi connectivity index (χ0v) is 17.4. The molecule has 0 unspecified atom stereocenters. The van der Waals surface area contributed by atoms with Gasteiger partial charge >= 0.3 is 5.97 Å². The van der Waals surface area contributed by atoms with Gasteiger partial charge in [-0.05, 0) is 56.9 Å². The lowest BCUT2D eigenvalue weighted by Crippen LogP contribution is -2.50. The fourth-order valence-corrected chi connectivity index (χ4v) is 5.53. The fraction of sp³-hybridized carbons (Fsp3) is 0.600. The Bertz CT molecular complexity index is 843. The van der Waals surface area contributed by atoms with Crippen molar-refractivity contribution in [2.45, 2.75) is 37.5 Å². The van der Waals surface area contributed by atoms with Crippen LogP contribution in [0.3, 0.4) is 0 Å². The van der Waals surface area contributed by atoms with Crippen molar-refractivity contribution in [1.29, 1.82) is 0 Å². The third kappa shape index (κ3) is 4.95. The fourth-order valence-electron chi connectivity index (χ4n) is 4.01. The molecule has 1 aromatic carbocycles. The van der Waals surface area contributed by atoms with Crippen LogP contribution in [0.2, 0.25) is 0 Å². The molecule has 0 spiro atoms. The monoisotopic (exact) mass is 426 g/mol. The number of halogens is 1. The van der Waals surface area contributed by atoms with E-state index in [1.165, 1.54) is 16.4 Å². The minimum absolute atomic E-state index is 0.0207. The van der Waals surface area contributed by atoms with E-state index in [1.807, 2.05) is 0 Å². The summed E-state index contributed by atoms with van der Waals surface area (Å²) in [5.41, 5.74) is 0. The molecule has 7 nitrogen and oxygen atoms in total. The molecule has 2 aliphatic rings. The van der Waals surface area contributed by atoms with Crippen molar-refractivity contribution in [2.75, 3.05) is 32.8 Å². The molecular weight excluding hydrogens is 399 g/mol. The van der Waals surface area contributed by atoms with Crippen molar-refractivity contribution in [3.8, 4) is 0 Å². The standard InChI is InChI=1S/C20H27FN2O5S/c1-2-28-20(25)16-6-3-11-22(13-16)19(24)15-5-4-12-23(14-15)29(26,27)18-9-7-17(21)8-10-18/h7-10,15-16H,2-6,11-14H2,1H3/t15-,16-/m1/s1. The molecule has 2 saturated heterocycles. The highest BCUT2D eigenvalue weighted by molar-refractivity contribution is 7.89. The van der Waals surface area contributed by atoms with Crippen LogP contribution in [-0.4, -0.2) is 62.3 Å². The topological polar surface area (TPSA) is 84.0 Å². The van der Waals surface area contributed by atoms with Gasteiger partial charge in [0.1, 0.15) is 5.82 Å². The number of likely N-dealkylation sites (tertiary alicyclic amines) is 1. The van der Waals surface area contributed by atoms with Gasteiger partial charge in [0.25, 0.3) is 0 Å².